The van der Waals surface area contributed by atoms with Gasteiger partial charge < -0.3 is 14.4 Å². The number of rotatable bonds is 4. The monoisotopic (exact) mass is 439 g/mol. The van der Waals surface area contributed by atoms with Crippen molar-refractivity contribution in [3.05, 3.63) is 67.3 Å². The molecule has 3 aromatic rings. The highest BCUT2D eigenvalue weighted by Crippen LogP contribution is 2.31. The highest BCUT2D eigenvalue weighted by molar-refractivity contribution is 7.09. The number of carbonyl (C=O) groups is 1. The minimum Gasteiger partial charge on any atom is -0.351 e. The predicted octanol–water partition coefficient (Wildman–Crippen LogP) is 3.05. The number of likely N-dealkylation sites (tertiary alicyclic amines) is 1. The van der Waals surface area contributed by atoms with Crippen molar-refractivity contribution in [3.8, 4) is 0 Å². The van der Waals surface area contributed by atoms with Crippen molar-refractivity contribution in [1.29, 1.82) is 0 Å². The fraction of sp³-hybridized carbons (Fsp3) is 0.455. The maximum absolute atomic E-state index is 13.0. The lowest BCUT2D eigenvalue weighted by molar-refractivity contribution is 0.0556. The maximum atomic E-state index is 13.0. The van der Waals surface area contributed by atoms with Gasteiger partial charge in [0.05, 0.1) is 23.0 Å². The summed E-state index contributed by atoms with van der Waals surface area (Å²) in [4.78, 5) is 39.2. The molecule has 9 heteroatoms. The first-order valence-electron chi connectivity index (χ1n) is 10.7. The van der Waals surface area contributed by atoms with Crippen LogP contribution < -0.4 is 5.56 Å². The lowest BCUT2D eigenvalue weighted by atomic mass is 10.00. The van der Waals surface area contributed by atoms with E-state index < -0.39 is 0 Å². The number of aromatic amines is 1. The summed E-state index contributed by atoms with van der Waals surface area (Å²) in [7, 11) is 0. The summed E-state index contributed by atoms with van der Waals surface area (Å²) in [6.45, 7) is 4.71. The molecule has 31 heavy (non-hydrogen) atoms. The van der Waals surface area contributed by atoms with E-state index in [0.29, 0.717) is 24.6 Å². The molecule has 1 fully saturated rings. The van der Waals surface area contributed by atoms with E-state index in [-0.39, 0.29) is 23.3 Å². The summed E-state index contributed by atoms with van der Waals surface area (Å²) in [6, 6.07) is 5.57. The standard InChI is InChI=1S/C22H25N5O3S/c1-14-11-19(30-25-14)22(29)27-8-3-2-6-18(27)20-23-17-7-9-26(12-15-5-4-10-31-15)13-16(17)21(28)24-20/h4-5,10-11,18H,2-3,6-9,12-13H2,1H3,(H,23,24,28). The molecule has 1 unspecified atom stereocenters. The molecule has 0 aliphatic carbocycles. The number of nitrogens with one attached hydrogen (secondary N) is 1. The molecule has 3 aromatic heterocycles. The molecule has 0 spiro atoms. The summed E-state index contributed by atoms with van der Waals surface area (Å²) < 4.78 is 5.19. The van der Waals surface area contributed by atoms with E-state index in [1.807, 2.05) is 0 Å². The Morgan fingerprint density at radius 2 is 2.26 bits per heavy atom. The number of amides is 1. The molecule has 1 saturated heterocycles. The first-order chi connectivity index (χ1) is 15.1. The second-order valence-corrected chi connectivity index (χ2v) is 9.29. The second kappa shape index (κ2) is 8.39. The topological polar surface area (TPSA) is 95.3 Å². The van der Waals surface area contributed by atoms with Crippen molar-refractivity contribution in [2.24, 2.45) is 0 Å². The van der Waals surface area contributed by atoms with Gasteiger partial charge in [-0.05, 0) is 37.6 Å². The van der Waals surface area contributed by atoms with Crippen LogP contribution in [-0.4, -0.2) is 43.9 Å². The Bertz CT molecular complexity index is 1140. The number of H-pyrrole nitrogens is 1. The van der Waals surface area contributed by atoms with Gasteiger partial charge in [0.25, 0.3) is 11.5 Å². The Morgan fingerprint density at radius 1 is 1.35 bits per heavy atom. The van der Waals surface area contributed by atoms with E-state index in [0.717, 1.165) is 50.0 Å². The third-order valence-electron chi connectivity index (χ3n) is 6.04. The van der Waals surface area contributed by atoms with Gasteiger partial charge in [0.1, 0.15) is 5.82 Å². The third-order valence-corrected chi connectivity index (χ3v) is 6.90. The number of thiophene rings is 1. The number of fused-ring (bicyclic) bond motifs is 1. The number of piperidine rings is 1. The highest BCUT2D eigenvalue weighted by atomic mass is 32.1. The maximum Gasteiger partial charge on any atom is 0.293 e. The van der Waals surface area contributed by atoms with Crippen molar-refractivity contribution in [2.75, 3.05) is 13.1 Å². The summed E-state index contributed by atoms with van der Waals surface area (Å²) in [6.07, 6.45) is 3.41. The van der Waals surface area contributed by atoms with E-state index in [1.54, 1.807) is 29.2 Å². The third kappa shape index (κ3) is 4.07. The Labute approximate surface area is 183 Å². The van der Waals surface area contributed by atoms with E-state index >= 15 is 0 Å². The minimum atomic E-state index is -0.256. The van der Waals surface area contributed by atoms with Crippen LogP contribution in [0.25, 0.3) is 0 Å². The molecule has 1 amide bonds. The second-order valence-electron chi connectivity index (χ2n) is 8.26. The zero-order valence-corrected chi connectivity index (χ0v) is 18.3. The Hall–Kier alpha value is -2.78. The number of aryl methyl sites for hydroxylation is 1. The molecule has 0 radical (unpaired) electrons. The molecule has 1 N–H and O–H groups in total. The molecule has 1 atom stereocenters. The molecule has 0 saturated carbocycles. The highest BCUT2D eigenvalue weighted by Gasteiger charge is 2.33. The van der Waals surface area contributed by atoms with Crippen LogP contribution in [0, 0.1) is 6.92 Å². The van der Waals surface area contributed by atoms with Gasteiger partial charge in [-0.2, -0.15) is 0 Å². The first-order valence-corrected chi connectivity index (χ1v) is 11.6. The quantitative estimate of drug-likeness (QED) is 0.671. The van der Waals surface area contributed by atoms with Gasteiger partial charge in [-0.15, -0.1) is 11.3 Å². The molecular weight excluding hydrogens is 414 g/mol. The van der Waals surface area contributed by atoms with Gasteiger partial charge in [-0.3, -0.25) is 14.5 Å². The first kappa shape index (κ1) is 20.1. The van der Waals surface area contributed by atoms with Crippen LogP contribution >= 0.6 is 11.3 Å². The molecule has 162 valence electrons. The lowest BCUT2D eigenvalue weighted by Gasteiger charge is -2.35. The predicted molar refractivity (Wildman–Crippen MR) is 116 cm³/mol. The SMILES string of the molecule is Cc1cc(C(=O)N2CCCCC2c2nc3c(c(=O)[nH]2)CN(Cc2cccs2)CC3)on1. The van der Waals surface area contributed by atoms with Gasteiger partial charge in [-0.1, -0.05) is 11.2 Å². The van der Waals surface area contributed by atoms with Crippen LogP contribution in [-0.2, 0) is 19.5 Å². The van der Waals surface area contributed by atoms with Gasteiger partial charge in [0, 0.05) is 43.5 Å². The molecule has 2 aliphatic rings. The molecule has 0 bridgehead atoms. The Kier molecular flexibility index (Phi) is 5.45. The fourth-order valence-electron chi connectivity index (χ4n) is 4.48. The number of hydrogen-bond donors (Lipinski definition) is 1. The van der Waals surface area contributed by atoms with Gasteiger partial charge in [-0.25, -0.2) is 4.98 Å². The van der Waals surface area contributed by atoms with Crippen LogP contribution in [0.4, 0.5) is 0 Å². The normalized spacial score (nSPS) is 19.4. The molecule has 5 heterocycles. The van der Waals surface area contributed by atoms with Crippen molar-refractivity contribution < 1.29 is 9.32 Å². The summed E-state index contributed by atoms with van der Waals surface area (Å²) >= 11 is 1.73. The van der Waals surface area contributed by atoms with Gasteiger partial charge >= 0.3 is 0 Å². The smallest absolute Gasteiger partial charge is 0.293 e. The molecular formula is C22H25N5O3S. The Balaban J connectivity index is 1.39. The van der Waals surface area contributed by atoms with E-state index in [2.05, 4.69) is 32.6 Å². The average Bonchev–Trinajstić information content (AvgIpc) is 3.45. The van der Waals surface area contributed by atoms with E-state index in [4.69, 9.17) is 9.51 Å². The van der Waals surface area contributed by atoms with Crippen LogP contribution in [0.3, 0.4) is 0 Å². The fourth-order valence-corrected chi connectivity index (χ4v) is 5.23. The van der Waals surface area contributed by atoms with E-state index in [1.165, 1.54) is 4.88 Å². The van der Waals surface area contributed by atoms with E-state index in [9.17, 15) is 9.59 Å². The number of aromatic nitrogens is 3. The average molecular weight is 440 g/mol. The zero-order chi connectivity index (χ0) is 21.4. The number of carbonyl (C=O) groups excluding carboxylic acids is 1. The summed E-state index contributed by atoms with van der Waals surface area (Å²) in [5.41, 5.74) is 2.18. The summed E-state index contributed by atoms with van der Waals surface area (Å²) in [5.74, 6) is 0.612. The van der Waals surface area contributed by atoms with Crippen LogP contribution in [0.15, 0.2) is 32.9 Å². The van der Waals surface area contributed by atoms with Crippen molar-refractivity contribution in [3.63, 3.8) is 0 Å². The lowest BCUT2D eigenvalue weighted by Crippen LogP contribution is -2.41. The molecule has 8 nitrogen and oxygen atoms in total. The van der Waals surface area contributed by atoms with Crippen LogP contribution in [0.1, 0.15) is 63.5 Å². The number of nitrogens with zero attached hydrogens (tertiary/aromatic N) is 4. The van der Waals surface area contributed by atoms with Crippen molar-refractivity contribution >= 4 is 17.2 Å². The molecule has 5 rings (SSSR count). The van der Waals surface area contributed by atoms with Gasteiger partial charge in [0.15, 0.2) is 0 Å². The van der Waals surface area contributed by atoms with Gasteiger partial charge in [0.2, 0.25) is 5.76 Å². The minimum absolute atomic E-state index is 0.0932. The number of hydrogen-bond acceptors (Lipinski definition) is 7. The zero-order valence-electron chi connectivity index (χ0n) is 17.5. The Morgan fingerprint density at radius 3 is 3.03 bits per heavy atom. The van der Waals surface area contributed by atoms with Crippen molar-refractivity contribution in [2.45, 2.75) is 51.7 Å². The van der Waals surface area contributed by atoms with Crippen LogP contribution in [0.2, 0.25) is 0 Å². The molecule has 2 aliphatic heterocycles. The van der Waals surface area contributed by atoms with Crippen LogP contribution in [0.5, 0.6) is 0 Å². The molecule has 0 aromatic carbocycles. The van der Waals surface area contributed by atoms with Crippen molar-refractivity contribution in [1.82, 2.24) is 24.9 Å². The largest absolute Gasteiger partial charge is 0.351 e. The summed E-state index contributed by atoms with van der Waals surface area (Å²) in [5, 5.41) is 5.91.